The molecule has 2 saturated carbocycles. The predicted molar refractivity (Wildman–Crippen MR) is 72.4 cm³/mol. The lowest BCUT2D eigenvalue weighted by Gasteiger charge is -2.43. The molecule has 1 aliphatic heterocycles. The van der Waals surface area contributed by atoms with E-state index < -0.39 is 5.54 Å². The smallest absolute Gasteiger partial charge is 0.249 e. The number of amides is 2. The first-order valence-corrected chi connectivity index (χ1v) is 7.65. The van der Waals surface area contributed by atoms with Crippen molar-refractivity contribution < 1.29 is 9.59 Å². The molecule has 3 rings (SSSR count). The Morgan fingerprint density at radius 1 is 1.16 bits per heavy atom. The van der Waals surface area contributed by atoms with E-state index in [2.05, 4.69) is 19.2 Å². The van der Waals surface area contributed by atoms with E-state index >= 15 is 0 Å². The van der Waals surface area contributed by atoms with Crippen LogP contribution < -0.4 is 5.32 Å². The minimum absolute atomic E-state index is 0.0354. The van der Waals surface area contributed by atoms with Gasteiger partial charge in [-0.3, -0.25) is 9.59 Å². The summed E-state index contributed by atoms with van der Waals surface area (Å²) in [5.74, 6) is 1.39. The fourth-order valence-electron chi connectivity index (χ4n) is 4.22. The number of rotatable bonds is 1. The van der Waals surface area contributed by atoms with E-state index in [-0.39, 0.29) is 24.4 Å². The average Bonchev–Trinajstić information content (AvgIpc) is 2.95. The van der Waals surface area contributed by atoms with Crippen molar-refractivity contribution in [1.29, 1.82) is 0 Å². The van der Waals surface area contributed by atoms with Crippen molar-refractivity contribution in [2.24, 2.45) is 11.8 Å². The summed E-state index contributed by atoms with van der Waals surface area (Å²) >= 11 is 0. The lowest BCUT2D eigenvalue weighted by Crippen LogP contribution is -2.67. The normalized spacial score (nSPS) is 38.0. The highest BCUT2D eigenvalue weighted by atomic mass is 16.2. The summed E-state index contributed by atoms with van der Waals surface area (Å²) in [6.07, 6.45) is 5.98. The van der Waals surface area contributed by atoms with Gasteiger partial charge in [0.05, 0.1) is 6.54 Å². The molecule has 3 unspecified atom stereocenters. The summed E-state index contributed by atoms with van der Waals surface area (Å²) in [5, 5.41) is 2.99. The lowest BCUT2D eigenvalue weighted by molar-refractivity contribution is -0.153. The summed E-state index contributed by atoms with van der Waals surface area (Å²) in [4.78, 5) is 26.8. The van der Waals surface area contributed by atoms with E-state index in [4.69, 9.17) is 0 Å². The van der Waals surface area contributed by atoms with Gasteiger partial charge in [0.1, 0.15) is 5.54 Å². The first-order valence-electron chi connectivity index (χ1n) is 7.65. The molecule has 0 radical (unpaired) electrons. The van der Waals surface area contributed by atoms with Gasteiger partial charge in [0.15, 0.2) is 0 Å². The second-order valence-electron chi connectivity index (χ2n) is 6.75. The zero-order valence-electron chi connectivity index (χ0n) is 11.9. The second-order valence-corrected chi connectivity index (χ2v) is 6.75. The predicted octanol–water partition coefficient (Wildman–Crippen LogP) is 1.69. The van der Waals surface area contributed by atoms with Gasteiger partial charge in [0.2, 0.25) is 11.8 Å². The topological polar surface area (TPSA) is 49.4 Å². The van der Waals surface area contributed by atoms with Crippen LogP contribution in [-0.4, -0.2) is 34.8 Å². The zero-order chi connectivity index (χ0) is 13.6. The van der Waals surface area contributed by atoms with Gasteiger partial charge in [-0.15, -0.1) is 0 Å². The van der Waals surface area contributed by atoms with E-state index in [1.807, 2.05) is 4.90 Å². The summed E-state index contributed by atoms with van der Waals surface area (Å²) in [5.41, 5.74) is -0.555. The highest BCUT2D eigenvalue weighted by molar-refractivity contribution is 5.98. The SMILES string of the molecule is CC1CCC(N2CC(=O)NC3(CCCC3)C2=O)C1C. The van der Waals surface area contributed by atoms with Crippen LogP contribution in [0.25, 0.3) is 0 Å². The quantitative estimate of drug-likeness (QED) is 0.783. The molecule has 3 fully saturated rings. The summed E-state index contributed by atoms with van der Waals surface area (Å²) in [6, 6.07) is 0.269. The molecule has 106 valence electrons. The fraction of sp³-hybridized carbons (Fsp3) is 0.867. The van der Waals surface area contributed by atoms with Crippen molar-refractivity contribution in [3.05, 3.63) is 0 Å². The summed E-state index contributed by atoms with van der Waals surface area (Å²) in [6.45, 7) is 4.75. The molecule has 0 bridgehead atoms. The third-order valence-electron chi connectivity index (χ3n) is 5.64. The molecule has 1 saturated heterocycles. The van der Waals surface area contributed by atoms with Crippen molar-refractivity contribution in [2.45, 2.75) is 64.0 Å². The van der Waals surface area contributed by atoms with Gasteiger partial charge in [-0.25, -0.2) is 0 Å². The van der Waals surface area contributed by atoms with Crippen LogP contribution in [0.5, 0.6) is 0 Å². The Hall–Kier alpha value is -1.06. The highest BCUT2D eigenvalue weighted by Gasteiger charge is 2.51. The number of nitrogens with one attached hydrogen (secondary N) is 1. The zero-order valence-corrected chi connectivity index (χ0v) is 11.9. The molecule has 1 N–H and O–H groups in total. The summed E-state index contributed by atoms with van der Waals surface area (Å²) in [7, 11) is 0. The van der Waals surface area contributed by atoms with E-state index in [9.17, 15) is 9.59 Å². The van der Waals surface area contributed by atoms with E-state index in [1.54, 1.807) is 0 Å². The van der Waals surface area contributed by atoms with Crippen molar-refractivity contribution >= 4 is 11.8 Å². The second kappa shape index (κ2) is 4.50. The van der Waals surface area contributed by atoms with Crippen molar-refractivity contribution in [3.63, 3.8) is 0 Å². The van der Waals surface area contributed by atoms with Gasteiger partial charge in [-0.05, 0) is 37.5 Å². The largest absolute Gasteiger partial charge is 0.340 e. The lowest BCUT2D eigenvalue weighted by atomic mass is 9.89. The third-order valence-corrected chi connectivity index (χ3v) is 5.64. The Kier molecular flexibility index (Phi) is 3.06. The highest BCUT2D eigenvalue weighted by Crippen LogP contribution is 2.39. The molecule has 3 atom stereocenters. The number of piperazine rings is 1. The van der Waals surface area contributed by atoms with Crippen molar-refractivity contribution in [2.75, 3.05) is 6.54 Å². The molecular weight excluding hydrogens is 240 g/mol. The van der Waals surface area contributed by atoms with Crippen LogP contribution in [0.4, 0.5) is 0 Å². The van der Waals surface area contributed by atoms with E-state index in [0.29, 0.717) is 11.8 Å². The molecule has 1 spiro atoms. The molecule has 3 aliphatic rings. The molecule has 19 heavy (non-hydrogen) atoms. The third kappa shape index (κ3) is 1.96. The molecule has 0 aromatic rings. The van der Waals surface area contributed by atoms with Gasteiger partial charge >= 0.3 is 0 Å². The van der Waals surface area contributed by atoms with Crippen LogP contribution in [0.1, 0.15) is 52.4 Å². The van der Waals surface area contributed by atoms with Gasteiger partial charge in [-0.2, -0.15) is 0 Å². The first-order chi connectivity index (χ1) is 9.03. The molecule has 0 aromatic carbocycles. The molecule has 4 heteroatoms. The number of carbonyl (C=O) groups is 2. The van der Waals surface area contributed by atoms with E-state index in [0.717, 1.165) is 32.1 Å². The Bertz CT molecular complexity index is 401. The molecule has 2 aliphatic carbocycles. The van der Waals surface area contributed by atoms with Crippen LogP contribution in [0.2, 0.25) is 0 Å². The van der Waals surface area contributed by atoms with Crippen LogP contribution >= 0.6 is 0 Å². The average molecular weight is 264 g/mol. The Morgan fingerprint density at radius 2 is 1.84 bits per heavy atom. The van der Waals surface area contributed by atoms with Crippen LogP contribution in [0, 0.1) is 11.8 Å². The fourth-order valence-corrected chi connectivity index (χ4v) is 4.22. The Morgan fingerprint density at radius 3 is 2.42 bits per heavy atom. The number of hydrogen-bond donors (Lipinski definition) is 1. The van der Waals surface area contributed by atoms with Gasteiger partial charge < -0.3 is 10.2 Å². The minimum atomic E-state index is -0.555. The number of carbonyl (C=O) groups excluding carboxylic acids is 2. The van der Waals surface area contributed by atoms with Crippen molar-refractivity contribution in [1.82, 2.24) is 10.2 Å². The molecular formula is C15H24N2O2. The maximum Gasteiger partial charge on any atom is 0.249 e. The molecule has 0 aromatic heterocycles. The van der Waals surface area contributed by atoms with E-state index in [1.165, 1.54) is 6.42 Å². The first kappa shape index (κ1) is 12.9. The number of nitrogens with zero attached hydrogens (tertiary/aromatic N) is 1. The van der Waals surface area contributed by atoms with Crippen LogP contribution in [0.15, 0.2) is 0 Å². The van der Waals surface area contributed by atoms with Gasteiger partial charge in [0.25, 0.3) is 0 Å². The Labute approximate surface area is 114 Å². The van der Waals surface area contributed by atoms with Gasteiger partial charge in [0, 0.05) is 6.04 Å². The van der Waals surface area contributed by atoms with Gasteiger partial charge in [-0.1, -0.05) is 26.7 Å². The van der Waals surface area contributed by atoms with Crippen LogP contribution in [-0.2, 0) is 9.59 Å². The standard InChI is InChI=1S/C15H24N2O2/c1-10-5-6-12(11(10)2)17-9-13(18)16-15(14(17)19)7-3-4-8-15/h10-12H,3-9H2,1-2H3,(H,16,18). The minimum Gasteiger partial charge on any atom is -0.340 e. The van der Waals surface area contributed by atoms with Crippen LogP contribution in [0.3, 0.4) is 0 Å². The maximum atomic E-state index is 12.8. The Balaban J connectivity index is 1.85. The molecule has 4 nitrogen and oxygen atoms in total. The van der Waals surface area contributed by atoms with Crippen molar-refractivity contribution in [3.8, 4) is 0 Å². The molecule has 1 heterocycles. The number of hydrogen-bond acceptors (Lipinski definition) is 2. The molecule has 2 amide bonds. The monoisotopic (exact) mass is 264 g/mol. The maximum absolute atomic E-state index is 12.8. The summed E-state index contributed by atoms with van der Waals surface area (Å²) < 4.78 is 0.